The number of carbonyl (C=O) groups is 1. The fourth-order valence-electron chi connectivity index (χ4n) is 2.43. The number of hydrogen-bond donors (Lipinski definition) is 3. The molecule has 0 saturated heterocycles. The van der Waals surface area contributed by atoms with E-state index in [0.29, 0.717) is 37.0 Å². The van der Waals surface area contributed by atoms with Crippen molar-refractivity contribution in [3.63, 3.8) is 0 Å². The Balaban J connectivity index is 1.96. The van der Waals surface area contributed by atoms with Gasteiger partial charge in [-0.3, -0.25) is 4.79 Å². The van der Waals surface area contributed by atoms with Gasteiger partial charge in [0.1, 0.15) is 5.76 Å². The highest BCUT2D eigenvalue weighted by molar-refractivity contribution is 5.94. The van der Waals surface area contributed by atoms with Gasteiger partial charge in [0.15, 0.2) is 5.96 Å². The molecule has 1 heterocycles. The zero-order chi connectivity index (χ0) is 20.6. The van der Waals surface area contributed by atoms with E-state index in [9.17, 15) is 4.79 Å². The predicted octanol–water partition coefficient (Wildman–Crippen LogP) is 2.98. The van der Waals surface area contributed by atoms with Crippen LogP contribution in [0.5, 0.6) is 0 Å². The number of aromatic nitrogens is 1. The summed E-state index contributed by atoms with van der Waals surface area (Å²) in [5.74, 6) is 2.11. The molecule has 7 nitrogen and oxygen atoms in total. The molecule has 3 N–H and O–H groups in total. The van der Waals surface area contributed by atoms with Crippen molar-refractivity contribution in [3.8, 4) is 0 Å². The molecule has 7 heteroatoms. The van der Waals surface area contributed by atoms with Crippen LogP contribution in [0.2, 0.25) is 0 Å². The van der Waals surface area contributed by atoms with Gasteiger partial charge in [0.05, 0.1) is 19.3 Å². The van der Waals surface area contributed by atoms with Crippen LogP contribution in [0.4, 0.5) is 0 Å². The second kappa shape index (κ2) is 9.92. The van der Waals surface area contributed by atoms with Crippen molar-refractivity contribution in [1.82, 2.24) is 20.9 Å². The highest BCUT2D eigenvalue weighted by atomic mass is 16.4. The molecule has 0 aliphatic rings. The molecule has 2 rings (SSSR count). The lowest BCUT2D eigenvalue weighted by atomic mass is 9.94. The molecule has 0 saturated carbocycles. The molecular formula is C21H31N5O2. The maximum Gasteiger partial charge on any atom is 0.251 e. The molecule has 1 aromatic heterocycles. The molecule has 0 atom stereocenters. The summed E-state index contributed by atoms with van der Waals surface area (Å²) in [7, 11) is 0. The normalized spacial score (nSPS) is 12.0. The van der Waals surface area contributed by atoms with Crippen LogP contribution in [0.15, 0.2) is 39.9 Å². The minimum absolute atomic E-state index is 0.0619. The molecule has 0 bridgehead atoms. The number of oxazole rings is 1. The topological polar surface area (TPSA) is 91.5 Å². The van der Waals surface area contributed by atoms with Gasteiger partial charge in [0.25, 0.3) is 5.91 Å². The van der Waals surface area contributed by atoms with E-state index >= 15 is 0 Å². The average molecular weight is 386 g/mol. The van der Waals surface area contributed by atoms with Crippen molar-refractivity contribution in [3.05, 3.63) is 53.2 Å². The highest BCUT2D eigenvalue weighted by Crippen LogP contribution is 2.22. The number of guanidine groups is 1. The molecule has 1 aromatic carbocycles. The summed E-state index contributed by atoms with van der Waals surface area (Å²) in [4.78, 5) is 20.7. The fourth-order valence-corrected chi connectivity index (χ4v) is 2.43. The zero-order valence-electron chi connectivity index (χ0n) is 17.4. The van der Waals surface area contributed by atoms with Crippen molar-refractivity contribution >= 4 is 11.9 Å². The Morgan fingerprint density at radius 1 is 1.07 bits per heavy atom. The standard InChI is InChI=1S/C21H31N5O2/c1-6-22-19(27)16-10-8-15(9-11-16)12-25-20(23-7-2)26-14-18-24-13-17(28-18)21(3,4)5/h8-11,13H,6-7,12,14H2,1-5H3,(H,22,27)(H2,23,25,26). The summed E-state index contributed by atoms with van der Waals surface area (Å²) in [5, 5.41) is 9.24. The monoisotopic (exact) mass is 385 g/mol. The Morgan fingerprint density at radius 2 is 1.75 bits per heavy atom. The van der Waals surface area contributed by atoms with Crippen molar-refractivity contribution in [2.45, 2.75) is 53.1 Å². The van der Waals surface area contributed by atoms with E-state index in [1.807, 2.05) is 38.1 Å². The molecule has 0 spiro atoms. The lowest BCUT2D eigenvalue weighted by molar-refractivity contribution is 0.0956. The van der Waals surface area contributed by atoms with Crippen LogP contribution in [0.3, 0.4) is 0 Å². The second-order valence-corrected chi connectivity index (χ2v) is 7.47. The van der Waals surface area contributed by atoms with Crippen LogP contribution in [0.25, 0.3) is 0 Å². The Kier molecular flexibility index (Phi) is 7.61. The lowest BCUT2D eigenvalue weighted by Gasteiger charge is -2.13. The second-order valence-electron chi connectivity index (χ2n) is 7.47. The van der Waals surface area contributed by atoms with Gasteiger partial charge in [-0.05, 0) is 31.5 Å². The molecule has 1 amide bonds. The van der Waals surface area contributed by atoms with Crippen LogP contribution in [0, 0.1) is 0 Å². The largest absolute Gasteiger partial charge is 0.443 e. The number of carbonyl (C=O) groups excluding carboxylic acids is 1. The molecule has 0 unspecified atom stereocenters. The maximum atomic E-state index is 11.8. The molecule has 152 valence electrons. The van der Waals surface area contributed by atoms with Crippen LogP contribution < -0.4 is 16.0 Å². The Bertz CT molecular complexity index is 788. The maximum absolute atomic E-state index is 11.8. The first-order valence-corrected chi connectivity index (χ1v) is 9.68. The minimum Gasteiger partial charge on any atom is -0.443 e. The SMILES string of the molecule is CCNC(=O)c1ccc(CN=C(NCC)NCc2ncc(C(C)(C)C)o2)cc1. The third kappa shape index (κ3) is 6.40. The third-order valence-electron chi connectivity index (χ3n) is 4.02. The summed E-state index contributed by atoms with van der Waals surface area (Å²) in [6.07, 6.45) is 1.78. The van der Waals surface area contributed by atoms with Crippen LogP contribution in [0.1, 0.15) is 62.2 Å². The molecule has 2 aromatic rings. The van der Waals surface area contributed by atoms with Crippen LogP contribution >= 0.6 is 0 Å². The zero-order valence-corrected chi connectivity index (χ0v) is 17.4. The van der Waals surface area contributed by atoms with Crippen molar-refractivity contribution < 1.29 is 9.21 Å². The van der Waals surface area contributed by atoms with Gasteiger partial charge in [-0.25, -0.2) is 9.98 Å². The van der Waals surface area contributed by atoms with E-state index in [1.54, 1.807) is 6.20 Å². The van der Waals surface area contributed by atoms with E-state index < -0.39 is 0 Å². The van der Waals surface area contributed by atoms with E-state index in [-0.39, 0.29) is 11.3 Å². The first kappa shape index (κ1) is 21.5. The smallest absolute Gasteiger partial charge is 0.251 e. The fraction of sp³-hybridized carbons (Fsp3) is 0.476. The van der Waals surface area contributed by atoms with Gasteiger partial charge in [0, 0.05) is 24.1 Å². The number of aliphatic imine (C=N–C) groups is 1. The predicted molar refractivity (Wildman–Crippen MR) is 111 cm³/mol. The van der Waals surface area contributed by atoms with Gasteiger partial charge in [0.2, 0.25) is 5.89 Å². The van der Waals surface area contributed by atoms with Crippen molar-refractivity contribution in [1.29, 1.82) is 0 Å². The first-order valence-electron chi connectivity index (χ1n) is 9.68. The Morgan fingerprint density at radius 3 is 2.32 bits per heavy atom. The molecule has 28 heavy (non-hydrogen) atoms. The van der Waals surface area contributed by atoms with Crippen LogP contribution in [-0.4, -0.2) is 29.9 Å². The van der Waals surface area contributed by atoms with E-state index in [4.69, 9.17) is 4.42 Å². The average Bonchev–Trinajstić information content (AvgIpc) is 3.14. The molecule has 0 fully saturated rings. The quantitative estimate of drug-likeness (QED) is 0.503. The lowest BCUT2D eigenvalue weighted by Crippen LogP contribution is -2.36. The highest BCUT2D eigenvalue weighted by Gasteiger charge is 2.19. The van der Waals surface area contributed by atoms with Crippen LogP contribution in [-0.2, 0) is 18.5 Å². The summed E-state index contributed by atoms with van der Waals surface area (Å²) in [6.45, 7) is 12.5. The number of rotatable bonds is 7. The van der Waals surface area contributed by atoms with E-state index in [1.165, 1.54) is 0 Å². The molecular weight excluding hydrogens is 354 g/mol. The summed E-state index contributed by atoms with van der Waals surface area (Å²) < 4.78 is 5.80. The number of benzene rings is 1. The number of nitrogens with one attached hydrogen (secondary N) is 3. The van der Waals surface area contributed by atoms with Gasteiger partial charge in [-0.2, -0.15) is 0 Å². The number of amides is 1. The van der Waals surface area contributed by atoms with Gasteiger partial charge < -0.3 is 20.4 Å². The van der Waals surface area contributed by atoms with E-state index in [0.717, 1.165) is 17.9 Å². The van der Waals surface area contributed by atoms with Gasteiger partial charge in [-0.1, -0.05) is 32.9 Å². The molecule has 0 aliphatic heterocycles. The van der Waals surface area contributed by atoms with Gasteiger partial charge >= 0.3 is 0 Å². The number of nitrogens with zero attached hydrogens (tertiary/aromatic N) is 2. The summed E-state index contributed by atoms with van der Waals surface area (Å²) in [6, 6.07) is 7.47. The third-order valence-corrected chi connectivity index (χ3v) is 4.02. The minimum atomic E-state index is -0.0654. The Labute approximate surface area is 167 Å². The Hall–Kier alpha value is -2.83. The summed E-state index contributed by atoms with van der Waals surface area (Å²) in [5.41, 5.74) is 1.61. The molecule has 0 aliphatic carbocycles. The van der Waals surface area contributed by atoms with E-state index in [2.05, 4.69) is 46.7 Å². The van der Waals surface area contributed by atoms with Crippen molar-refractivity contribution in [2.75, 3.05) is 13.1 Å². The first-order chi connectivity index (χ1) is 13.3. The van der Waals surface area contributed by atoms with Gasteiger partial charge in [-0.15, -0.1) is 0 Å². The summed E-state index contributed by atoms with van der Waals surface area (Å²) >= 11 is 0. The molecule has 0 radical (unpaired) electrons. The van der Waals surface area contributed by atoms with Crippen molar-refractivity contribution in [2.24, 2.45) is 4.99 Å². The number of hydrogen-bond acceptors (Lipinski definition) is 4.